The number of ether oxygens (including phenoxy) is 1. The van der Waals surface area contributed by atoms with Crippen LogP contribution in [0.2, 0.25) is 5.02 Å². The Labute approximate surface area is 196 Å². The summed E-state index contributed by atoms with van der Waals surface area (Å²) in [6.07, 6.45) is 0.120. The first-order valence-electron chi connectivity index (χ1n) is 9.84. The molecule has 0 aliphatic heterocycles. The summed E-state index contributed by atoms with van der Waals surface area (Å²) in [5.41, 5.74) is -0.0400. The van der Waals surface area contributed by atoms with Crippen molar-refractivity contribution >= 4 is 44.9 Å². The van der Waals surface area contributed by atoms with Crippen molar-refractivity contribution in [2.45, 2.75) is 32.4 Å². The lowest BCUT2D eigenvalue weighted by Gasteiger charge is -2.24. The minimum Gasteiger partial charge on any atom is -0.463 e. The van der Waals surface area contributed by atoms with Crippen molar-refractivity contribution in [3.05, 3.63) is 69.2 Å². The monoisotopic (exact) mass is 497 g/mol. The van der Waals surface area contributed by atoms with E-state index in [1.165, 1.54) is 42.5 Å². The van der Waals surface area contributed by atoms with Gasteiger partial charge in [-0.1, -0.05) is 35.9 Å². The van der Waals surface area contributed by atoms with E-state index in [0.29, 0.717) is 0 Å². The summed E-state index contributed by atoms with van der Waals surface area (Å²) in [4.78, 5) is 36.0. The third kappa shape index (κ3) is 7.72. The summed E-state index contributed by atoms with van der Waals surface area (Å²) in [6.45, 7) is 2.66. The van der Waals surface area contributed by atoms with Crippen LogP contribution in [0.4, 0.5) is 11.4 Å². The standard InChI is InChI=1S/C21H24ClN3O7S/c1-14(2)32-21(27)12-18(17-9-4-5-10-19(17)25(28)29)23-20(26)13-24(33(3,30)31)16-8-6-7-15(22)11-16/h4-11,14,18H,12-13H2,1-3H3,(H,23,26). The summed E-state index contributed by atoms with van der Waals surface area (Å²) in [5, 5.41) is 14.3. The maximum Gasteiger partial charge on any atom is 0.308 e. The van der Waals surface area contributed by atoms with Gasteiger partial charge in [0, 0.05) is 11.1 Å². The van der Waals surface area contributed by atoms with E-state index in [1.54, 1.807) is 19.9 Å². The number of nitrogens with zero attached hydrogens (tertiary/aromatic N) is 2. The highest BCUT2D eigenvalue weighted by atomic mass is 35.5. The van der Waals surface area contributed by atoms with Gasteiger partial charge in [0.2, 0.25) is 15.9 Å². The van der Waals surface area contributed by atoms with Gasteiger partial charge in [-0.2, -0.15) is 0 Å². The van der Waals surface area contributed by atoms with Crippen molar-refractivity contribution in [2.75, 3.05) is 17.1 Å². The number of sulfonamides is 1. The Balaban J connectivity index is 2.35. The summed E-state index contributed by atoms with van der Waals surface area (Å²) < 4.78 is 30.6. The average Bonchev–Trinajstić information content (AvgIpc) is 2.70. The van der Waals surface area contributed by atoms with Crippen molar-refractivity contribution in [1.29, 1.82) is 0 Å². The maximum absolute atomic E-state index is 12.9. The van der Waals surface area contributed by atoms with E-state index in [0.717, 1.165) is 10.6 Å². The fraction of sp³-hybridized carbons (Fsp3) is 0.333. The smallest absolute Gasteiger partial charge is 0.308 e. The number of anilines is 1. The number of amides is 1. The van der Waals surface area contributed by atoms with Crippen molar-refractivity contribution in [3.8, 4) is 0 Å². The summed E-state index contributed by atoms with van der Waals surface area (Å²) >= 11 is 5.95. The van der Waals surface area contributed by atoms with Gasteiger partial charge in [-0.25, -0.2) is 8.42 Å². The summed E-state index contributed by atoms with van der Waals surface area (Å²) in [7, 11) is -3.88. The molecule has 0 saturated heterocycles. The minimum absolute atomic E-state index is 0.0882. The maximum atomic E-state index is 12.9. The van der Waals surface area contributed by atoms with Crippen LogP contribution in [0.15, 0.2) is 48.5 Å². The molecule has 1 N–H and O–H groups in total. The highest BCUT2D eigenvalue weighted by Crippen LogP contribution is 2.28. The molecule has 1 atom stereocenters. The zero-order chi connectivity index (χ0) is 24.8. The van der Waals surface area contributed by atoms with Gasteiger partial charge in [-0.15, -0.1) is 0 Å². The van der Waals surface area contributed by atoms with Crippen molar-refractivity contribution in [1.82, 2.24) is 5.32 Å². The molecule has 0 aliphatic carbocycles. The van der Waals surface area contributed by atoms with E-state index in [4.69, 9.17) is 16.3 Å². The van der Waals surface area contributed by atoms with Gasteiger partial charge in [0.05, 0.1) is 41.0 Å². The van der Waals surface area contributed by atoms with Crippen LogP contribution in [-0.4, -0.2) is 44.1 Å². The molecule has 0 radical (unpaired) electrons. The molecule has 0 bridgehead atoms. The SMILES string of the molecule is CC(C)OC(=O)CC(NC(=O)CN(c1cccc(Cl)c1)S(C)(=O)=O)c1ccccc1[N+](=O)[O-]. The van der Waals surface area contributed by atoms with E-state index < -0.39 is 45.5 Å². The summed E-state index contributed by atoms with van der Waals surface area (Å²) in [6, 6.07) is 10.5. The first-order chi connectivity index (χ1) is 15.4. The first-order valence-corrected chi connectivity index (χ1v) is 12.1. The van der Waals surface area contributed by atoms with Gasteiger partial charge in [-0.3, -0.25) is 24.0 Å². The number of carbonyl (C=O) groups is 2. The van der Waals surface area contributed by atoms with E-state index in [-0.39, 0.29) is 28.4 Å². The topological polar surface area (TPSA) is 136 Å². The third-order valence-electron chi connectivity index (χ3n) is 4.37. The molecule has 0 aliphatic rings. The molecular formula is C21H24ClN3O7S. The molecule has 0 heterocycles. The second-order valence-electron chi connectivity index (χ2n) is 7.43. The number of esters is 1. The zero-order valence-electron chi connectivity index (χ0n) is 18.2. The number of hydrogen-bond donors (Lipinski definition) is 1. The van der Waals surface area contributed by atoms with Crippen LogP contribution in [0.3, 0.4) is 0 Å². The number of carbonyl (C=O) groups excluding carboxylic acids is 2. The Hall–Kier alpha value is -3.18. The molecule has 1 amide bonds. The van der Waals surface area contributed by atoms with Crippen molar-refractivity contribution in [2.24, 2.45) is 0 Å². The molecule has 33 heavy (non-hydrogen) atoms. The minimum atomic E-state index is -3.88. The van der Waals surface area contributed by atoms with Gasteiger partial charge < -0.3 is 10.1 Å². The Morgan fingerprint density at radius 3 is 2.42 bits per heavy atom. The fourth-order valence-electron chi connectivity index (χ4n) is 3.07. The van der Waals surface area contributed by atoms with Crippen LogP contribution >= 0.6 is 11.6 Å². The second-order valence-corrected chi connectivity index (χ2v) is 9.77. The van der Waals surface area contributed by atoms with Gasteiger partial charge in [0.1, 0.15) is 6.54 Å². The van der Waals surface area contributed by atoms with Crippen LogP contribution in [-0.2, 0) is 24.3 Å². The molecule has 12 heteroatoms. The average molecular weight is 498 g/mol. The van der Waals surface area contributed by atoms with E-state index >= 15 is 0 Å². The predicted molar refractivity (Wildman–Crippen MR) is 123 cm³/mol. The molecule has 178 valence electrons. The number of hydrogen-bond acceptors (Lipinski definition) is 7. The van der Waals surface area contributed by atoms with E-state index in [1.807, 2.05) is 0 Å². The molecule has 0 saturated carbocycles. The predicted octanol–water partition coefficient (Wildman–Crippen LogP) is 3.21. The Morgan fingerprint density at radius 1 is 1.18 bits per heavy atom. The lowest BCUT2D eigenvalue weighted by atomic mass is 10.0. The Bertz CT molecular complexity index is 1140. The molecule has 2 rings (SSSR count). The van der Waals surface area contributed by atoms with Gasteiger partial charge in [0.25, 0.3) is 5.69 Å². The molecule has 0 aromatic heterocycles. The molecular weight excluding hydrogens is 474 g/mol. The third-order valence-corrected chi connectivity index (χ3v) is 5.74. The lowest BCUT2D eigenvalue weighted by molar-refractivity contribution is -0.385. The number of nitrogens with one attached hydrogen (secondary N) is 1. The largest absolute Gasteiger partial charge is 0.463 e. The molecule has 0 fully saturated rings. The van der Waals surface area contributed by atoms with E-state index in [9.17, 15) is 28.1 Å². The first kappa shape index (κ1) is 26.1. The van der Waals surface area contributed by atoms with Crippen molar-refractivity contribution in [3.63, 3.8) is 0 Å². The summed E-state index contributed by atoms with van der Waals surface area (Å²) in [5.74, 6) is -1.45. The van der Waals surface area contributed by atoms with Gasteiger partial charge in [0.15, 0.2) is 0 Å². The number of nitro groups is 1. The highest BCUT2D eigenvalue weighted by Gasteiger charge is 2.28. The second kappa shape index (κ2) is 11.1. The Kier molecular flexibility index (Phi) is 8.77. The Morgan fingerprint density at radius 2 is 1.85 bits per heavy atom. The van der Waals surface area contributed by atoms with Crippen LogP contribution in [0.25, 0.3) is 0 Å². The number of halogens is 1. The molecule has 10 nitrogen and oxygen atoms in total. The number of para-hydroxylation sites is 1. The van der Waals surface area contributed by atoms with Crippen molar-refractivity contribution < 1.29 is 27.7 Å². The lowest BCUT2D eigenvalue weighted by Crippen LogP contribution is -2.42. The molecule has 2 aromatic rings. The van der Waals surface area contributed by atoms with E-state index in [2.05, 4.69) is 5.32 Å². The van der Waals surface area contributed by atoms with Crippen LogP contribution < -0.4 is 9.62 Å². The van der Waals surface area contributed by atoms with Crippen LogP contribution in [0.5, 0.6) is 0 Å². The van der Waals surface area contributed by atoms with Gasteiger partial charge >= 0.3 is 5.97 Å². The normalized spacial score (nSPS) is 12.2. The quantitative estimate of drug-likeness (QED) is 0.302. The molecule has 1 unspecified atom stereocenters. The highest BCUT2D eigenvalue weighted by molar-refractivity contribution is 7.92. The van der Waals surface area contributed by atoms with Crippen LogP contribution in [0.1, 0.15) is 31.9 Å². The number of benzene rings is 2. The van der Waals surface area contributed by atoms with Crippen LogP contribution in [0, 0.1) is 10.1 Å². The zero-order valence-corrected chi connectivity index (χ0v) is 19.8. The molecule has 0 spiro atoms. The fourth-order valence-corrected chi connectivity index (χ4v) is 4.10. The van der Waals surface area contributed by atoms with Gasteiger partial charge in [-0.05, 0) is 32.0 Å². The number of rotatable bonds is 10. The molecule has 2 aromatic carbocycles. The number of nitro benzene ring substituents is 1.